The quantitative estimate of drug-likeness (QED) is 0.396. The number of ether oxygens (including phenoxy) is 1. The second kappa shape index (κ2) is 10.2. The van der Waals surface area contributed by atoms with Crippen LogP contribution < -0.4 is 5.32 Å². The maximum atomic E-state index is 5.65. The number of hydrogen-bond donors (Lipinski definition) is 1. The van der Waals surface area contributed by atoms with Gasteiger partial charge in [-0.15, -0.1) is 24.0 Å². The molecule has 5 nitrogen and oxygen atoms in total. The molecule has 0 radical (unpaired) electrons. The van der Waals surface area contributed by atoms with Crippen molar-refractivity contribution in [3.63, 3.8) is 0 Å². The first-order chi connectivity index (χ1) is 11.0. The van der Waals surface area contributed by atoms with Crippen LogP contribution in [0.5, 0.6) is 0 Å². The lowest BCUT2D eigenvalue weighted by atomic mass is 9.89. The molecule has 142 valence electrons. The van der Waals surface area contributed by atoms with E-state index in [1.54, 1.807) is 7.11 Å². The van der Waals surface area contributed by atoms with E-state index in [0.29, 0.717) is 12.6 Å². The SMILES string of the molecule is CCNC(=NCC(OC)C(C)(C)C)N1CCC(N2CCCC2)C1.I. The van der Waals surface area contributed by atoms with E-state index in [0.717, 1.165) is 25.6 Å². The number of nitrogens with one attached hydrogen (secondary N) is 1. The van der Waals surface area contributed by atoms with Crippen LogP contribution in [0.1, 0.15) is 47.0 Å². The lowest BCUT2D eigenvalue weighted by Gasteiger charge is -2.29. The minimum absolute atomic E-state index is 0. The van der Waals surface area contributed by atoms with Crippen molar-refractivity contribution < 1.29 is 4.74 Å². The molecule has 0 aromatic carbocycles. The Hall–Kier alpha value is -0.0800. The van der Waals surface area contributed by atoms with Crippen LogP contribution in [0.3, 0.4) is 0 Å². The van der Waals surface area contributed by atoms with Crippen molar-refractivity contribution in [1.29, 1.82) is 0 Å². The van der Waals surface area contributed by atoms with Crippen LogP contribution in [-0.4, -0.2) is 74.3 Å². The van der Waals surface area contributed by atoms with Gasteiger partial charge in [-0.3, -0.25) is 9.89 Å². The Morgan fingerprint density at radius 1 is 1.25 bits per heavy atom. The van der Waals surface area contributed by atoms with Gasteiger partial charge in [-0.1, -0.05) is 20.8 Å². The molecule has 0 saturated carbocycles. The summed E-state index contributed by atoms with van der Waals surface area (Å²) in [4.78, 5) is 9.98. The second-order valence-corrected chi connectivity index (χ2v) is 7.92. The Kier molecular flexibility index (Phi) is 9.30. The van der Waals surface area contributed by atoms with Gasteiger partial charge >= 0.3 is 0 Å². The molecule has 2 saturated heterocycles. The molecule has 0 spiro atoms. The van der Waals surface area contributed by atoms with Crippen LogP contribution >= 0.6 is 24.0 Å². The third kappa shape index (κ3) is 6.02. The predicted molar refractivity (Wildman–Crippen MR) is 112 cm³/mol. The number of guanidine groups is 1. The summed E-state index contributed by atoms with van der Waals surface area (Å²) in [6.07, 6.45) is 4.14. The molecule has 2 fully saturated rings. The van der Waals surface area contributed by atoms with Crippen LogP contribution in [0.15, 0.2) is 4.99 Å². The fourth-order valence-corrected chi connectivity index (χ4v) is 3.64. The molecule has 2 aliphatic rings. The number of methoxy groups -OCH3 is 1. The molecule has 2 rings (SSSR count). The van der Waals surface area contributed by atoms with Crippen molar-refractivity contribution in [2.24, 2.45) is 10.4 Å². The van der Waals surface area contributed by atoms with Gasteiger partial charge in [0.25, 0.3) is 0 Å². The van der Waals surface area contributed by atoms with E-state index in [1.807, 2.05) is 0 Å². The minimum Gasteiger partial charge on any atom is -0.379 e. The molecule has 0 bridgehead atoms. The van der Waals surface area contributed by atoms with Crippen LogP contribution in [0.25, 0.3) is 0 Å². The van der Waals surface area contributed by atoms with E-state index in [-0.39, 0.29) is 35.5 Å². The molecule has 0 amide bonds. The van der Waals surface area contributed by atoms with Gasteiger partial charge in [0, 0.05) is 32.8 Å². The fraction of sp³-hybridized carbons (Fsp3) is 0.944. The number of halogens is 1. The molecule has 24 heavy (non-hydrogen) atoms. The van der Waals surface area contributed by atoms with Gasteiger partial charge in [-0.05, 0) is 44.7 Å². The van der Waals surface area contributed by atoms with Crippen LogP contribution in [-0.2, 0) is 4.74 Å². The molecule has 0 aliphatic carbocycles. The van der Waals surface area contributed by atoms with Crippen molar-refractivity contribution in [3.05, 3.63) is 0 Å². The highest BCUT2D eigenvalue weighted by atomic mass is 127. The zero-order valence-corrected chi connectivity index (χ0v) is 18.5. The number of likely N-dealkylation sites (tertiary alicyclic amines) is 2. The van der Waals surface area contributed by atoms with Crippen LogP contribution in [0, 0.1) is 5.41 Å². The molecule has 1 N–H and O–H groups in total. The Morgan fingerprint density at radius 3 is 2.46 bits per heavy atom. The summed E-state index contributed by atoms with van der Waals surface area (Å²) in [5.74, 6) is 1.06. The average Bonchev–Trinajstić information content (AvgIpc) is 3.16. The fourth-order valence-electron chi connectivity index (χ4n) is 3.64. The summed E-state index contributed by atoms with van der Waals surface area (Å²) in [5.41, 5.74) is 0.110. The van der Waals surface area contributed by atoms with Gasteiger partial charge < -0.3 is 15.0 Å². The molecule has 2 aliphatic heterocycles. The van der Waals surface area contributed by atoms with E-state index in [2.05, 4.69) is 42.8 Å². The molecule has 0 aromatic rings. The monoisotopic (exact) mass is 452 g/mol. The molecule has 6 heteroatoms. The first-order valence-electron chi connectivity index (χ1n) is 9.25. The molecular formula is C18H37IN4O. The molecule has 0 aromatic heterocycles. The Bertz CT molecular complexity index is 391. The van der Waals surface area contributed by atoms with E-state index < -0.39 is 0 Å². The van der Waals surface area contributed by atoms with Gasteiger partial charge in [0.05, 0.1) is 12.6 Å². The minimum atomic E-state index is 0. The third-order valence-corrected chi connectivity index (χ3v) is 5.11. The first-order valence-corrected chi connectivity index (χ1v) is 9.25. The maximum absolute atomic E-state index is 5.65. The van der Waals surface area contributed by atoms with Gasteiger partial charge in [-0.2, -0.15) is 0 Å². The second-order valence-electron chi connectivity index (χ2n) is 7.92. The summed E-state index contributed by atoms with van der Waals surface area (Å²) in [5, 5.41) is 3.47. The number of rotatable bonds is 5. The summed E-state index contributed by atoms with van der Waals surface area (Å²) in [6, 6.07) is 0.710. The Labute approximate surface area is 165 Å². The van der Waals surface area contributed by atoms with Crippen molar-refractivity contribution in [3.8, 4) is 0 Å². The van der Waals surface area contributed by atoms with Crippen molar-refractivity contribution >= 4 is 29.9 Å². The lowest BCUT2D eigenvalue weighted by molar-refractivity contribution is 0.0240. The third-order valence-electron chi connectivity index (χ3n) is 5.11. The molecule has 2 atom stereocenters. The smallest absolute Gasteiger partial charge is 0.194 e. The summed E-state index contributed by atoms with van der Waals surface area (Å²) in [6.45, 7) is 15.2. The highest BCUT2D eigenvalue weighted by Crippen LogP contribution is 2.23. The van der Waals surface area contributed by atoms with Gasteiger partial charge in [0.1, 0.15) is 0 Å². The number of nitrogens with zero attached hydrogens (tertiary/aromatic N) is 3. The molecule has 2 unspecified atom stereocenters. The number of aliphatic imine (C=N–C) groups is 1. The highest BCUT2D eigenvalue weighted by Gasteiger charge is 2.31. The maximum Gasteiger partial charge on any atom is 0.194 e. The largest absolute Gasteiger partial charge is 0.379 e. The van der Waals surface area contributed by atoms with Crippen molar-refractivity contribution in [2.45, 2.75) is 59.1 Å². The van der Waals surface area contributed by atoms with Crippen molar-refractivity contribution in [2.75, 3.05) is 46.4 Å². The zero-order chi connectivity index (χ0) is 16.9. The Morgan fingerprint density at radius 2 is 1.92 bits per heavy atom. The van der Waals surface area contributed by atoms with E-state index in [4.69, 9.17) is 9.73 Å². The summed E-state index contributed by atoms with van der Waals surface area (Å²) >= 11 is 0. The van der Waals surface area contributed by atoms with Crippen molar-refractivity contribution in [1.82, 2.24) is 15.1 Å². The predicted octanol–water partition coefficient (Wildman–Crippen LogP) is 2.80. The highest BCUT2D eigenvalue weighted by molar-refractivity contribution is 14.0. The average molecular weight is 452 g/mol. The van der Waals surface area contributed by atoms with E-state index >= 15 is 0 Å². The molecule has 2 heterocycles. The normalized spacial score (nSPS) is 24.1. The topological polar surface area (TPSA) is 40.1 Å². The zero-order valence-electron chi connectivity index (χ0n) is 16.2. The van der Waals surface area contributed by atoms with Gasteiger partial charge in [-0.25, -0.2) is 0 Å². The standard InChI is InChI=1S/C18H36N4O.HI/c1-6-19-17(20-13-16(23-5)18(2,3)4)22-12-9-15(14-22)21-10-7-8-11-21;/h15-16H,6-14H2,1-5H3,(H,19,20);1H. The summed E-state index contributed by atoms with van der Waals surface area (Å²) < 4.78 is 5.65. The first kappa shape index (κ1) is 22.0. The van der Waals surface area contributed by atoms with Gasteiger partial charge in [0.15, 0.2) is 5.96 Å². The summed E-state index contributed by atoms with van der Waals surface area (Å²) in [7, 11) is 1.79. The van der Waals surface area contributed by atoms with E-state index in [9.17, 15) is 0 Å². The Balaban J connectivity index is 0.00000288. The van der Waals surface area contributed by atoms with Crippen LogP contribution in [0.2, 0.25) is 0 Å². The van der Waals surface area contributed by atoms with E-state index in [1.165, 1.54) is 32.4 Å². The lowest BCUT2D eigenvalue weighted by Crippen LogP contribution is -2.43. The number of hydrogen-bond acceptors (Lipinski definition) is 3. The van der Waals surface area contributed by atoms with Gasteiger partial charge in [0.2, 0.25) is 0 Å². The van der Waals surface area contributed by atoms with Crippen LogP contribution in [0.4, 0.5) is 0 Å². The molecular weight excluding hydrogens is 415 g/mol.